The number of rotatable bonds is 20. The van der Waals surface area contributed by atoms with Crippen LogP contribution in [0.15, 0.2) is 178 Å². The third kappa shape index (κ3) is 18.3. The summed E-state index contributed by atoms with van der Waals surface area (Å²) < 4.78 is 95.4. The van der Waals surface area contributed by atoms with Gasteiger partial charge in [0.2, 0.25) is 0 Å². The molecule has 566 valence electrons. The molecule has 4 fully saturated rings. The van der Waals surface area contributed by atoms with Crippen molar-refractivity contribution in [2.24, 2.45) is 0 Å². The van der Waals surface area contributed by atoms with Crippen LogP contribution in [0, 0.1) is 29.1 Å². The van der Waals surface area contributed by atoms with Gasteiger partial charge in [0.15, 0.2) is 24.9 Å². The minimum absolute atomic E-state index is 0.0107. The lowest BCUT2D eigenvalue weighted by Gasteiger charge is -2.18. The molecule has 12 N–H and O–H groups in total. The first kappa shape index (κ1) is 79.7. The van der Waals surface area contributed by atoms with E-state index >= 15 is 0 Å². The minimum Gasteiger partial charge on any atom is -0.394 e. The molecule has 16 atom stereocenters. The second-order valence-corrected chi connectivity index (χ2v) is 24.5. The predicted octanol–water partition coefficient (Wildman–Crippen LogP) is -3.85. The Kier molecular flexibility index (Phi) is 27.0. The molecule has 8 heterocycles. The summed E-state index contributed by atoms with van der Waals surface area (Å²) in [5, 5.41) is 116. The fraction of sp³-hybridized carbons (Fsp3) is 0.412. The molecule has 105 heavy (non-hydrogen) atoms. The molecule has 32 nitrogen and oxygen atoms in total. The summed E-state index contributed by atoms with van der Waals surface area (Å²) in [5.74, 6) is -2.74. The van der Waals surface area contributed by atoms with Crippen LogP contribution in [-0.2, 0) is 70.8 Å². The van der Waals surface area contributed by atoms with Crippen molar-refractivity contribution in [3.63, 3.8) is 0 Å². The lowest BCUT2D eigenvalue weighted by molar-refractivity contribution is -0.0556. The maximum atomic E-state index is 13.7. The van der Waals surface area contributed by atoms with E-state index in [1.54, 1.807) is 36.4 Å². The van der Waals surface area contributed by atoms with Crippen LogP contribution < -0.4 is 45.0 Å². The van der Waals surface area contributed by atoms with Crippen LogP contribution in [-0.4, -0.2) is 197 Å². The highest BCUT2D eigenvalue weighted by Gasteiger charge is 2.47. The smallest absolute Gasteiger partial charge is 0.333 e. The first-order valence-corrected chi connectivity index (χ1v) is 32.6. The molecule has 0 spiro atoms. The number of hydrogen-bond acceptors (Lipinski definition) is 24. The van der Waals surface area contributed by atoms with Gasteiger partial charge in [0.05, 0.1) is 26.4 Å². The van der Waals surface area contributed by atoms with Gasteiger partial charge in [-0.2, -0.15) is 0 Å². The van der Waals surface area contributed by atoms with E-state index in [-0.39, 0.29) is 56.8 Å². The van der Waals surface area contributed by atoms with Crippen molar-refractivity contribution in [3.8, 4) is 0 Å². The summed E-state index contributed by atoms with van der Waals surface area (Å²) in [4.78, 5) is 98.7. The van der Waals surface area contributed by atoms with Crippen LogP contribution in [0.2, 0.25) is 0 Å². The lowest BCUT2D eigenvalue weighted by atomic mass is 10.1. The first-order valence-electron chi connectivity index (χ1n) is 32.6. The molecule has 4 aliphatic heterocycles. The summed E-state index contributed by atoms with van der Waals surface area (Å²) in [6.45, 7) is -2.32. The van der Waals surface area contributed by atoms with Crippen molar-refractivity contribution in [1.82, 2.24) is 36.5 Å². The van der Waals surface area contributed by atoms with E-state index in [1.165, 1.54) is 54.9 Å². The fourth-order valence-corrected chi connectivity index (χ4v) is 11.9. The van der Waals surface area contributed by atoms with E-state index in [9.17, 15) is 101 Å². The zero-order valence-electron chi connectivity index (χ0n) is 55.2. The van der Waals surface area contributed by atoms with Gasteiger partial charge in [0.25, 0.3) is 22.2 Å². The molecule has 4 saturated heterocycles. The zero-order chi connectivity index (χ0) is 76.2. The summed E-state index contributed by atoms with van der Waals surface area (Å²) >= 11 is 0. The number of hydrogen-bond donors (Lipinski definition) is 12. The van der Waals surface area contributed by atoms with E-state index in [0.29, 0.717) is 23.6 Å². The molecule has 4 aliphatic rings. The first-order chi connectivity index (χ1) is 50.1. The average Bonchev–Trinajstić information content (AvgIpc) is 1.69. The molecule has 8 aromatic rings. The molecule has 12 rings (SSSR count). The number of aliphatic hydroxyl groups excluding tert-OH is 12. The van der Waals surface area contributed by atoms with Crippen LogP contribution in [0.25, 0.3) is 0 Å². The Morgan fingerprint density at radius 3 is 0.943 bits per heavy atom. The van der Waals surface area contributed by atoms with Gasteiger partial charge in [-0.05, 0) is 84.3 Å². The normalized spacial score (nSPS) is 25.4. The molecular weight excluding hydrogens is 1410 g/mol. The van der Waals surface area contributed by atoms with E-state index in [2.05, 4.69) is 0 Å². The zero-order valence-corrected chi connectivity index (χ0v) is 55.2. The molecule has 4 unspecified atom stereocenters. The topological polar surface area (TPSA) is 456 Å². The van der Waals surface area contributed by atoms with Crippen LogP contribution in [0.4, 0.5) is 22.0 Å². The standard InChI is InChI=1S/C17H18F2N2O6.3C17H19FN2O6/c18-10-2-1-9(11(19)7-10)3-5-20-13(23)4-6-21(17(20)26)16-15(25)14(24)12(8-22)27-16;18-11-3-1-10(2-4-11)5-7-19-13(22)6-8-20(17(19)25)16-15(24)14(23)12(9-21)26-16;18-11-3-1-2-10(8-11)4-6-19-13(22)5-7-20(17(19)25)16-15(24)14(23)12(9-21)26-16;18-11-4-2-1-3-10(11)5-7-19-13(22)6-8-20(17(19)25)16-15(24)14(23)12(9-21)26-16/h1-2,4,6-7,12,14-16,22,24-25H,3,5,8H2;1-4,6,8,12,14-16,21,23-24H,5,7,9H2;1-3,5,7-8,12,14-16,21,23-24H,4,6,9H2;1-4,6,8,12,14-16,21,23-24H,5,7,9H2/t4*12-,14?,15+,16-/m1111/s1. The van der Waals surface area contributed by atoms with Gasteiger partial charge in [0, 0.05) is 81.3 Å². The third-order valence-electron chi connectivity index (χ3n) is 17.8. The summed E-state index contributed by atoms with van der Waals surface area (Å²) in [6, 6.07) is 25.1. The highest BCUT2D eigenvalue weighted by molar-refractivity contribution is 5.20. The number of halogens is 5. The van der Waals surface area contributed by atoms with Crippen LogP contribution in [0.3, 0.4) is 0 Å². The van der Waals surface area contributed by atoms with Gasteiger partial charge in [-0.25, -0.2) is 41.1 Å². The number of ether oxygens (including phenoxy) is 4. The number of aromatic nitrogens is 8. The minimum atomic E-state index is -1.49. The Balaban J connectivity index is 0.000000162. The molecule has 0 saturated carbocycles. The van der Waals surface area contributed by atoms with Gasteiger partial charge in [0.1, 0.15) is 102 Å². The molecular formula is C68H75F5N8O24. The van der Waals surface area contributed by atoms with Gasteiger partial charge < -0.3 is 80.2 Å². The largest absolute Gasteiger partial charge is 0.394 e. The summed E-state index contributed by atoms with van der Waals surface area (Å²) in [7, 11) is 0. The Bertz CT molecular complexity index is 4800. The number of benzene rings is 4. The molecule has 0 aliphatic carbocycles. The third-order valence-corrected chi connectivity index (χ3v) is 17.8. The maximum absolute atomic E-state index is 13.7. The van der Waals surface area contributed by atoms with Crippen molar-refractivity contribution in [2.75, 3.05) is 26.4 Å². The van der Waals surface area contributed by atoms with Crippen molar-refractivity contribution in [1.29, 1.82) is 0 Å². The molecule has 0 bridgehead atoms. The molecule has 0 amide bonds. The Morgan fingerprint density at radius 2 is 0.619 bits per heavy atom. The van der Waals surface area contributed by atoms with Gasteiger partial charge in [-0.3, -0.25) is 55.7 Å². The number of nitrogens with zero attached hydrogens (tertiary/aromatic N) is 8. The summed E-state index contributed by atoms with van der Waals surface area (Å²) in [5.41, 5.74) is -3.47. The second-order valence-electron chi connectivity index (χ2n) is 24.5. The van der Waals surface area contributed by atoms with E-state index in [1.807, 2.05) is 0 Å². The quantitative estimate of drug-likeness (QED) is 0.0325. The van der Waals surface area contributed by atoms with Gasteiger partial charge >= 0.3 is 22.8 Å². The van der Waals surface area contributed by atoms with Crippen molar-refractivity contribution in [2.45, 2.75) is 150 Å². The Hall–Kier alpha value is -9.39. The van der Waals surface area contributed by atoms with Crippen LogP contribution in [0.5, 0.6) is 0 Å². The maximum Gasteiger partial charge on any atom is 0.333 e. The van der Waals surface area contributed by atoms with Crippen LogP contribution >= 0.6 is 0 Å². The summed E-state index contributed by atoms with van der Waals surface area (Å²) in [6.07, 6.45) is -15.1. The predicted molar refractivity (Wildman–Crippen MR) is 352 cm³/mol. The van der Waals surface area contributed by atoms with E-state index in [4.69, 9.17) is 39.4 Å². The number of aryl methyl sites for hydroxylation is 4. The van der Waals surface area contributed by atoms with Crippen molar-refractivity contribution < 1.29 is 102 Å². The lowest BCUT2D eigenvalue weighted by Crippen LogP contribution is -2.43. The molecule has 4 aromatic carbocycles. The highest BCUT2D eigenvalue weighted by Crippen LogP contribution is 2.31. The van der Waals surface area contributed by atoms with E-state index < -0.39 is 193 Å². The Morgan fingerprint density at radius 1 is 0.305 bits per heavy atom. The van der Waals surface area contributed by atoms with Gasteiger partial charge in [-0.15, -0.1) is 0 Å². The van der Waals surface area contributed by atoms with E-state index in [0.717, 1.165) is 84.8 Å². The molecule has 37 heteroatoms. The fourth-order valence-electron chi connectivity index (χ4n) is 11.9. The monoisotopic (exact) mass is 1480 g/mol. The SMILES string of the molecule is O=c1ccn([C@@H]2O[C@H](CO)C(O)[C@@H]2O)c(=O)n1CCc1ccc(F)cc1.O=c1ccn([C@@H]2O[C@H](CO)C(O)[C@@H]2O)c(=O)n1CCc1ccc(F)cc1F.O=c1ccn([C@@H]2O[C@H](CO)C(O)[C@@H]2O)c(=O)n1CCc1cccc(F)c1.O=c1ccn([C@@H]2O[C@H](CO)C(O)[C@@H]2O)c(=O)n1CCc1ccccc1F. The molecule has 4 aromatic heterocycles. The average molecular weight is 1480 g/mol. The second kappa shape index (κ2) is 35.6. The number of aliphatic hydroxyl groups is 12. The Labute approximate surface area is 588 Å². The van der Waals surface area contributed by atoms with Gasteiger partial charge in [-0.1, -0.05) is 48.5 Å². The molecule has 0 radical (unpaired) electrons. The highest BCUT2D eigenvalue weighted by atomic mass is 19.1. The van der Waals surface area contributed by atoms with Crippen LogP contribution in [0.1, 0.15) is 47.2 Å². The van der Waals surface area contributed by atoms with Crippen molar-refractivity contribution in [3.05, 3.63) is 275 Å². The van der Waals surface area contributed by atoms with Crippen molar-refractivity contribution >= 4 is 0 Å².